The maximum absolute atomic E-state index is 10.3. The minimum atomic E-state index is -0.722. The molecule has 0 unspecified atom stereocenters. The van der Waals surface area contributed by atoms with Crippen LogP contribution in [-0.2, 0) is 9.22 Å². The van der Waals surface area contributed by atoms with Gasteiger partial charge in [0.1, 0.15) is 0 Å². The summed E-state index contributed by atoms with van der Waals surface area (Å²) < 4.78 is 4.72. The molecule has 0 N–H and O–H groups in total. The first kappa shape index (κ1) is 7.43. The van der Waals surface area contributed by atoms with E-state index in [2.05, 4.69) is 6.58 Å². The molecule has 0 bridgehead atoms. The molecule has 0 aromatic rings. The first-order chi connectivity index (χ1) is 3.81. The van der Waals surface area contributed by atoms with Crippen LogP contribution in [-0.4, -0.2) is 15.7 Å². The van der Waals surface area contributed by atoms with E-state index < -0.39 is 9.76 Å². The number of carbonyl (C=O) groups is 1. The predicted octanol–water partition coefficient (Wildman–Crippen LogP) is 0.167. The van der Waals surface area contributed by atoms with Gasteiger partial charge in [-0.1, -0.05) is 12.6 Å². The fourth-order valence-corrected chi connectivity index (χ4v) is 0.762. The van der Waals surface area contributed by atoms with Crippen molar-refractivity contribution in [1.29, 1.82) is 0 Å². The average molecular weight is 130 g/mol. The Hall–Kier alpha value is -0.573. The Balaban J connectivity index is 3.11. The van der Waals surface area contributed by atoms with E-state index in [1.165, 1.54) is 0 Å². The summed E-state index contributed by atoms with van der Waals surface area (Å²) in [7, 11) is -0.722. The van der Waals surface area contributed by atoms with Gasteiger partial charge in [-0.15, -0.1) is 6.58 Å². The van der Waals surface area contributed by atoms with Crippen LogP contribution in [0.5, 0.6) is 0 Å². The lowest BCUT2D eigenvalue weighted by atomic mass is 10.5. The molecule has 46 valence electrons. The number of hydrogen-bond donors (Lipinski definition) is 0. The van der Waals surface area contributed by atoms with Gasteiger partial charge >= 0.3 is 0 Å². The summed E-state index contributed by atoms with van der Waals surface area (Å²) >= 11 is 0. The van der Waals surface area contributed by atoms with Gasteiger partial charge in [0, 0.05) is 6.42 Å². The largest absolute Gasteiger partial charge is 0.521 e. The molecule has 0 heterocycles. The van der Waals surface area contributed by atoms with Crippen molar-refractivity contribution in [1.82, 2.24) is 0 Å². The van der Waals surface area contributed by atoms with Crippen molar-refractivity contribution in [3.63, 3.8) is 0 Å². The first-order valence-electron chi connectivity index (χ1n) is 2.57. The van der Waals surface area contributed by atoms with Crippen molar-refractivity contribution in [2.45, 2.75) is 13.3 Å². The second-order valence-electron chi connectivity index (χ2n) is 1.33. The van der Waals surface area contributed by atoms with E-state index in [0.29, 0.717) is 6.42 Å². The van der Waals surface area contributed by atoms with Crippen LogP contribution in [0.1, 0.15) is 13.3 Å². The SMILES string of the molecule is C=C[SiH2]OC(=O)CC. The van der Waals surface area contributed by atoms with Crippen LogP contribution in [0.2, 0.25) is 0 Å². The number of rotatable bonds is 3. The molecule has 8 heavy (non-hydrogen) atoms. The lowest BCUT2D eigenvalue weighted by Crippen LogP contribution is -2.04. The summed E-state index contributed by atoms with van der Waals surface area (Å²) in [6, 6.07) is 0. The summed E-state index contributed by atoms with van der Waals surface area (Å²) in [4.78, 5) is 10.3. The summed E-state index contributed by atoms with van der Waals surface area (Å²) in [5.41, 5.74) is 1.69. The van der Waals surface area contributed by atoms with Crippen molar-refractivity contribution in [3.05, 3.63) is 12.3 Å². The van der Waals surface area contributed by atoms with Gasteiger partial charge in [0.05, 0.1) is 0 Å². The molecule has 0 radical (unpaired) electrons. The standard InChI is InChI=1S/C5H10O2Si/c1-3-5(6)7-8-4-2/h4H,2-3,8H2,1H3. The van der Waals surface area contributed by atoms with Gasteiger partial charge in [0.25, 0.3) is 5.97 Å². The zero-order valence-corrected chi connectivity index (χ0v) is 6.43. The molecular weight excluding hydrogens is 120 g/mol. The van der Waals surface area contributed by atoms with Gasteiger partial charge in [0.2, 0.25) is 9.76 Å². The summed E-state index contributed by atoms with van der Waals surface area (Å²) in [6.07, 6.45) is 0.473. The highest BCUT2D eigenvalue weighted by Crippen LogP contribution is 1.80. The highest BCUT2D eigenvalue weighted by Gasteiger charge is 1.92. The van der Waals surface area contributed by atoms with E-state index in [-0.39, 0.29) is 5.97 Å². The molecule has 0 aliphatic carbocycles. The smallest absolute Gasteiger partial charge is 0.292 e. The maximum atomic E-state index is 10.3. The molecule has 0 spiro atoms. The Kier molecular flexibility index (Phi) is 4.25. The molecule has 0 amide bonds. The Morgan fingerprint density at radius 2 is 2.62 bits per heavy atom. The zero-order chi connectivity index (χ0) is 6.41. The van der Waals surface area contributed by atoms with Gasteiger partial charge in [-0.2, -0.15) is 0 Å². The Morgan fingerprint density at radius 3 is 3.00 bits per heavy atom. The van der Waals surface area contributed by atoms with Crippen molar-refractivity contribution in [2.75, 3.05) is 0 Å². The van der Waals surface area contributed by atoms with E-state index >= 15 is 0 Å². The molecule has 0 fully saturated rings. The third-order valence-electron chi connectivity index (χ3n) is 0.651. The molecule has 0 aliphatic heterocycles. The second kappa shape index (κ2) is 4.58. The lowest BCUT2D eigenvalue weighted by molar-refractivity contribution is -0.133. The molecule has 0 aromatic carbocycles. The van der Waals surface area contributed by atoms with Crippen LogP contribution >= 0.6 is 0 Å². The van der Waals surface area contributed by atoms with E-state index in [4.69, 9.17) is 4.43 Å². The fraction of sp³-hybridized carbons (Fsp3) is 0.400. The Morgan fingerprint density at radius 1 is 2.00 bits per heavy atom. The van der Waals surface area contributed by atoms with Gasteiger partial charge in [-0.25, -0.2) is 0 Å². The van der Waals surface area contributed by atoms with E-state index in [1.807, 2.05) is 0 Å². The van der Waals surface area contributed by atoms with Gasteiger partial charge < -0.3 is 4.43 Å². The van der Waals surface area contributed by atoms with E-state index in [0.717, 1.165) is 0 Å². The highest BCUT2D eigenvalue weighted by molar-refractivity contribution is 6.36. The van der Waals surface area contributed by atoms with E-state index in [9.17, 15) is 4.79 Å². The lowest BCUT2D eigenvalue weighted by Gasteiger charge is -1.95. The third-order valence-corrected chi connectivity index (χ3v) is 1.38. The second-order valence-corrected chi connectivity index (χ2v) is 2.52. The van der Waals surface area contributed by atoms with E-state index in [1.54, 1.807) is 12.6 Å². The van der Waals surface area contributed by atoms with Gasteiger partial charge in [-0.05, 0) is 0 Å². The minimum absolute atomic E-state index is 0.114. The molecule has 0 aromatic heterocycles. The first-order valence-corrected chi connectivity index (χ1v) is 3.97. The van der Waals surface area contributed by atoms with Crippen LogP contribution in [0.3, 0.4) is 0 Å². The van der Waals surface area contributed by atoms with Crippen molar-refractivity contribution >= 4 is 15.7 Å². The van der Waals surface area contributed by atoms with Crippen molar-refractivity contribution in [3.8, 4) is 0 Å². The zero-order valence-electron chi connectivity index (χ0n) is 5.02. The summed E-state index contributed by atoms with van der Waals surface area (Å²) in [5, 5.41) is 0. The number of carbonyl (C=O) groups excluding carboxylic acids is 1. The summed E-state index contributed by atoms with van der Waals surface area (Å²) in [5.74, 6) is -0.114. The average Bonchev–Trinajstić information content (AvgIpc) is 1.83. The van der Waals surface area contributed by atoms with Crippen LogP contribution < -0.4 is 0 Å². The minimum Gasteiger partial charge on any atom is -0.521 e. The molecule has 0 saturated carbocycles. The van der Waals surface area contributed by atoms with Gasteiger partial charge in [-0.3, -0.25) is 4.79 Å². The quantitative estimate of drug-likeness (QED) is 0.509. The summed E-state index contributed by atoms with van der Waals surface area (Å²) in [6.45, 7) is 5.23. The molecule has 0 saturated heterocycles. The monoisotopic (exact) mass is 130 g/mol. The molecule has 0 atom stereocenters. The van der Waals surface area contributed by atoms with Crippen LogP contribution in [0.4, 0.5) is 0 Å². The third kappa shape index (κ3) is 3.61. The van der Waals surface area contributed by atoms with Crippen molar-refractivity contribution in [2.24, 2.45) is 0 Å². The van der Waals surface area contributed by atoms with Crippen molar-refractivity contribution < 1.29 is 9.22 Å². The Labute approximate surface area is 51.5 Å². The molecule has 0 rings (SSSR count). The van der Waals surface area contributed by atoms with Crippen LogP contribution in [0, 0.1) is 0 Å². The number of hydrogen-bond acceptors (Lipinski definition) is 2. The topological polar surface area (TPSA) is 26.3 Å². The maximum Gasteiger partial charge on any atom is 0.292 e. The van der Waals surface area contributed by atoms with Crippen LogP contribution in [0.15, 0.2) is 12.3 Å². The molecular formula is C5H10O2Si. The normalized spacial score (nSPS) is 9.62. The predicted molar refractivity (Wildman–Crippen MR) is 35.1 cm³/mol. The molecule has 2 nitrogen and oxygen atoms in total. The van der Waals surface area contributed by atoms with Crippen LogP contribution in [0.25, 0.3) is 0 Å². The van der Waals surface area contributed by atoms with Gasteiger partial charge in [0.15, 0.2) is 0 Å². The molecule has 0 aliphatic rings. The highest BCUT2D eigenvalue weighted by atomic mass is 28.2. The Bertz CT molecular complexity index is 90.4. The fourth-order valence-electron chi connectivity index (χ4n) is 0.254. The molecule has 3 heteroatoms.